The lowest BCUT2D eigenvalue weighted by atomic mass is 10.1. The molecule has 0 saturated heterocycles. The van der Waals surface area contributed by atoms with E-state index in [1.165, 1.54) is 17.1 Å². The molecule has 150 valence electrons. The Morgan fingerprint density at radius 3 is 2.81 bits per heavy atom. The quantitative estimate of drug-likeness (QED) is 0.442. The zero-order valence-electron chi connectivity index (χ0n) is 16.5. The van der Waals surface area contributed by atoms with Crippen molar-refractivity contribution in [2.75, 3.05) is 0 Å². The summed E-state index contributed by atoms with van der Waals surface area (Å²) in [6.07, 6.45) is 6.68. The molecule has 0 aliphatic rings. The predicted octanol–water partition coefficient (Wildman–Crippen LogP) is 4.30. The SMILES string of the molecule is CC(c1cnn(-c2ccccc2F)c1)n1nc(-c2cccc(C#N)c2)c2cncnc21. The Balaban J connectivity index is 1.60. The first-order chi connectivity index (χ1) is 15.2. The Bertz CT molecular complexity index is 1440. The third-order valence-electron chi connectivity index (χ3n) is 5.19. The molecule has 0 aliphatic heterocycles. The van der Waals surface area contributed by atoms with E-state index >= 15 is 0 Å². The zero-order valence-corrected chi connectivity index (χ0v) is 16.5. The summed E-state index contributed by atoms with van der Waals surface area (Å²) in [6, 6.07) is 15.7. The number of benzene rings is 2. The first-order valence-corrected chi connectivity index (χ1v) is 9.64. The van der Waals surface area contributed by atoms with Crippen molar-refractivity contribution < 1.29 is 4.39 Å². The maximum absolute atomic E-state index is 14.2. The van der Waals surface area contributed by atoms with Crippen LogP contribution in [0.5, 0.6) is 0 Å². The van der Waals surface area contributed by atoms with Gasteiger partial charge in [0.2, 0.25) is 0 Å². The first-order valence-electron chi connectivity index (χ1n) is 9.64. The van der Waals surface area contributed by atoms with Crippen molar-refractivity contribution in [1.82, 2.24) is 29.5 Å². The van der Waals surface area contributed by atoms with Crippen LogP contribution in [0, 0.1) is 17.1 Å². The standard InChI is InChI=1S/C23H16FN7/c1-15(18-11-28-30(13-18)21-8-3-2-7-20(21)24)31-23-19(12-26-14-27-23)22(29-31)17-6-4-5-16(9-17)10-25/h2-9,11-15H,1H3. The molecule has 0 spiro atoms. The van der Waals surface area contributed by atoms with Crippen LogP contribution in [0.15, 0.2) is 73.4 Å². The molecule has 1 atom stereocenters. The van der Waals surface area contributed by atoms with E-state index in [2.05, 4.69) is 21.1 Å². The van der Waals surface area contributed by atoms with Crippen LogP contribution in [0.4, 0.5) is 4.39 Å². The minimum atomic E-state index is -0.346. The smallest absolute Gasteiger partial charge is 0.162 e. The molecule has 7 nitrogen and oxygen atoms in total. The van der Waals surface area contributed by atoms with Gasteiger partial charge in [-0.2, -0.15) is 15.5 Å². The van der Waals surface area contributed by atoms with Gasteiger partial charge in [-0.1, -0.05) is 24.3 Å². The molecule has 1 unspecified atom stereocenters. The first kappa shape index (κ1) is 18.6. The van der Waals surface area contributed by atoms with Gasteiger partial charge in [-0.3, -0.25) is 0 Å². The third kappa shape index (κ3) is 3.22. The maximum Gasteiger partial charge on any atom is 0.162 e. The van der Waals surface area contributed by atoms with Crippen molar-refractivity contribution in [3.8, 4) is 23.0 Å². The van der Waals surface area contributed by atoms with Gasteiger partial charge in [0.05, 0.1) is 29.3 Å². The molecule has 2 aromatic carbocycles. The molecule has 5 rings (SSSR count). The Hall–Kier alpha value is -4.38. The number of fused-ring (bicyclic) bond motifs is 1. The zero-order chi connectivity index (χ0) is 21.4. The van der Waals surface area contributed by atoms with Gasteiger partial charge in [-0.25, -0.2) is 23.7 Å². The highest BCUT2D eigenvalue weighted by molar-refractivity contribution is 5.90. The number of nitriles is 1. The van der Waals surface area contributed by atoms with E-state index in [4.69, 9.17) is 5.10 Å². The van der Waals surface area contributed by atoms with Gasteiger partial charge in [0.25, 0.3) is 0 Å². The van der Waals surface area contributed by atoms with E-state index < -0.39 is 0 Å². The summed E-state index contributed by atoms with van der Waals surface area (Å²) in [5, 5.41) is 19.2. The van der Waals surface area contributed by atoms with E-state index in [1.807, 2.05) is 19.1 Å². The summed E-state index contributed by atoms with van der Waals surface area (Å²) in [7, 11) is 0. The lowest BCUT2D eigenvalue weighted by Crippen LogP contribution is -2.09. The number of para-hydroxylation sites is 1. The monoisotopic (exact) mass is 409 g/mol. The predicted molar refractivity (Wildman–Crippen MR) is 113 cm³/mol. The van der Waals surface area contributed by atoms with E-state index in [9.17, 15) is 9.65 Å². The molecular weight excluding hydrogens is 393 g/mol. The molecule has 0 N–H and O–H groups in total. The molecule has 8 heteroatoms. The molecule has 0 amide bonds. The van der Waals surface area contributed by atoms with Crippen LogP contribution < -0.4 is 0 Å². The average Bonchev–Trinajstić information content (AvgIpc) is 3.45. The minimum absolute atomic E-state index is 0.217. The van der Waals surface area contributed by atoms with Crippen molar-refractivity contribution in [1.29, 1.82) is 5.26 Å². The fourth-order valence-corrected chi connectivity index (χ4v) is 3.56. The fourth-order valence-electron chi connectivity index (χ4n) is 3.56. The summed E-state index contributed by atoms with van der Waals surface area (Å²) < 4.78 is 17.5. The van der Waals surface area contributed by atoms with Gasteiger partial charge in [0.1, 0.15) is 23.5 Å². The van der Waals surface area contributed by atoms with E-state index in [1.54, 1.807) is 53.6 Å². The number of hydrogen-bond donors (Lipinski definition) is 0. The van der Waals surface area contributed by atoms with Gasteiger partial charge in [0.15, 0.2) is 5.65 Å². The molecule has 0 radical (unpaired) electrons. The average molecular weight is 409 g/mol. The van der Waals surface area contributed by atoms with Crippen LogP contribution in [0.1, 0.15) is 24.1 Å². The second-order valence-corrected chi connectivity index (χ2v) is 7.09. The molecule has 31 heavy (non-hydrogen) atoms. The minimum Gasteiger partial charge on any atom is -0.244 e. The summed E-state index contributed by atoms with van der Waals surface area (Å²) in [5.74, 6) is -0.346. The lowest BCUT2D eigenvalue weighted by Gasteiger charge is -2.10. The van der Waals surface area contributed by atoms with Crippen molar-refractivity contribution in [3.63, 3.8) is 0 Å². The van der Waals surface area contributed by atoms with Crippen LogP contribution in [-0.4, -0.2) is 29.5 Å². The molecule has 0 bridgehead atoms. The van der Waals surface area contributed by atoms with Gasteiger partial charge >= 0.3 is 0 Å². The van der Waals surface area contributed by atoms with Crippen molar-refractivity contribution in [2.45, 2.75) is 13.0 Å². The molecule has 0 fully saturated rings. The number of hydrogen-bond acceptors (Lipinski definition) is 5. The second kappa shape index (κ2) is 7.46. The molecule has 3 aromatic heterocycles. The van der Waals surface area contributed by atoms with Crippen LogP contribution in [0.2, 0.25) is 0 Å². The number of rotatable bonds is 4. The fraction of sp³-hybridized carbons (Fsp3) is 0.0870. The second-order valence-electron chi connectivity index (χ2n) is 7.09. The molecule has 5 aromatic rings. The number of aromatic nitrogens is 6. The van der Waals surface area contributed by atoms with Crippen LogP contribution in [-0.2, 0) is 0 Å². The highest BCUT2D eigenvalue weighted by atomic mass is 19.1. The Morgan fingerprint density at radius 1 is 1.10 bits per heavy atom. The van der Waals surface area contributed by atoms with Crippen LogP contribution in [0.3, 0.4) is 0 Å². The highest BCUT2D eigenvalue weighted by Gasteiger charge is 2.20. The van der Waals surface area contributed by atoms with Crippen molar-refractivity contribution >= 4 is 11.0 Å². The molecule has 3 heterocycles. The van der Waals surface area contributed by atoms with Crippen LogP contribution >= 0.6 is 0 Å². The van der Waals surface area contributed by atoms with Gasteiger partial charge in [-0.05, 0) is 31.2 Å². The van der Waals surface area contributed by atoms with Crippen LogP contribution in [0.25, 0.3) is 28.0 Å². The van der Waals surface area contributed by atoms with Crippen molar-refractivity contribution in [2.24, 2.45) is 0 Å². The summed E-state index contributed by atoms with van der Waals surface area (Å²) in [5.41, 5.74) is 3.95. The van der Waals surface area contributed by atoms with Gasteiger partial charge < -0.3 is 0 Å². The largest absolute Gasteiger partial charge is 0.244 e. The summed E-state index contributed by atoms with van der Waals surface area (Å²) >= 11 is 0. The summed E-state index contributed by atoms with van der Waals surface area (Å²) in [6.45, 7) is 1.98. The van der Waals surface area contributed by atoms with E-state index in [0.717, 1.165) is 16.5 Å². The van der Waals surface area contributed by atoms with E-state index in [0.29, 0.717) is 22.6 Å². The van der Waals surface area contributed by atoms with E-state index in [-0.39, 0.29) is 11.9 Å². The molecular formula is C23H16FN7. The number of nitrogens with zero attached hydrogens (tertiary/aromatic N) is 7. The molecule has 0 saturated carbocycles. The lowest BCUT2D eigenvalue weighted by molar-refractivity contribution is 0.580. The topological polar surface area (TPSA) is 85.2 Å². The number of halogens is 1. The third-order valence-corrected chi connectivity index (χ3v) is 5.19. The van der Waals surface area contributed by atoms with Crippen molar-refractivity contribution in [3.05, 3.63) is 90.4 Å². The Kier molecular flexibility index (Phi) is 4.49. The van der Waals surface area contributed by atoms with Gasteiger partial charge in [-0.15, -0.1) is 0 Å². The van der Waals surface area contributed by atoms with Gasteiger partial charge in [0, 0.05) is 23.5 Å². The highest BCUT2D eigenvalue weighted by Crippen LogP contribution is 2.30. The maximum atomic E-state index is 14.2. The summed E-state index contributed by atoms with van der Waals surface area (Å²) in [4.78, 5) is 8.59. The molecule has 0 aliphatic carbocycles. The Morgan fingerprint density at radius 2 is 1.97 bits per heavy atom. The normalized spacial score (nSPS) is 12.0. The Labute approximate surface area is 177 Å².